The van der Waals surface area contributed by atoms with Gasteiger partial charge in [0, 0.05) is 12.8 Å². The minimum Gasteiger partial charge on any atom is -0.383 e. The van der Waals surface area contributed by atoms with Crippen molar-refractivity contribution in [2.45, 2.75) is 32.0 Å². The lowest BCUT2D eigenvalue weighted by molar-refractivity contribution is -0.113. The van der Waals surface area contributed by atoms with Crippen LogP contribution >= 0.6 is 11.8 Å². The Kier molecular flexibility index (Phi) is 7.06. The zero-order valence-electron chi connectivity index (χ0n) is 16.9. The van der Waals surface area contributed by atoms with Crippen LogP contribution in [0, 0.1) is 6.92 Å². The van der Waals surface area contributed by atoms with E-state index in [2.05, 4.69) is 17.2 Å². The number of hydrogen-bond acceptors (Lipinski definition) is 5. The van der Waals surface area contributed by atoms with Crippen LogP contribution in [0.1, 0.15) is 18.1 Å². The molecule has 1 N–H and O–H groups in total. The Labute approximate surface area is 174 Å². The van der Waals surface area contributed by atoms with E-state index >= 15 is 0 Å². The van der Waals surface area contributed by atoms with Crippen molar-refractivity contribution >= 4 is 34.3 Å². The minimum absolute atomic E-state index is 0.122. The Morgan fingerprint density at radius 3 is 2.76 bits per heavy atom. The average Bonchev–Trinajstić information content (AvgIpc) is 2.73. The van der Waals surface area contributed by atoms with Crippen molar-refractivity contribution in [3.05, 3.63) is 63.9 Å². The molecule has 1 heterocycles. The second kappa shape index (κ2) is 9.71. The van der Waals surface area contributed by atoms with Crippen molar-refractivity contribution in [1.82, 2.24) is 9.55 Å². The molecule has 0 aliphatic carbocycles. The van der Waals surface area contributed by atoms with Gasteiger partial charge in [-0.3, -0.25) is 14.2 Å². The molecule has 0 unspecified atom stereocenters. The zero-order chi connectivity index (χ0) is 20.8. The van der Waals surface area contributed by atoms with Crippen LogP contribution in [0.5, 0.6) is 0 Å². The summed E-state index contributed by atoms with van der Waals surface area (Å²) in [5.41, 5.74) is 3.50. The SMILES string of the molecule is CCc1cccc(C)c1NC(=O)CSc1nc2ccccc2c(=O)n1CCOC. The number of aromatic nitrogens is 2. The van der Waals surface area contributed by atoms with Crippen LogP contribution in [0.15, 0.2) is 52.4 Å². The highest BCUT2D eigenvalue weighted by molar-refractivity contribution is 7.99. The van der Waals surface area contributed by atoms with Crippen LogP contribution in [-0.2, 0) is 22.5 Å². The average molecular weight is 412 g/mol. The van der Waals surface area contributed by atoms with Gasteiger partial charge in [0.25, 0.3) is 5.56 Å². The molecule has 0 saturated heterocycles. The molecule has 0 radical (unpaired) electrons. The normalized spacial score (nSPS) is 11.0. The first-order valence-electron chi connectivity index (χ1n) is 9.54. The highest BCUT2D eigenvalue weighted by atomic mass is 32.2. The van der Waals surface area contributed by atoms with Gasteiger partial charge in [0.15, 0.2) is 5.16 Å². The number of carbonyl (C=O) groups excluding carboxylic acids is 1. The van der Waals surface area contributed by atoms with Crippen molar-refractivity contribution in [1.29, 1.82) is 0 Å². The number of ether oxygens (including phenoxy) is 1. The summed E-state index contributed by atoms with van der Waals surface area (Å²) in [5.74, 6) is 0.0367. The maximum atomic E-state index is 12.9. The van der Waals surface area contributed by atoms with Crippen LogP contribution in [0.25, 0.3) is 10.9 Å². The predicted molar refractivity (Wildman–Crippen MR) is 118 cm³/mol. The van der Waals surface area contributed by atoms with Gasteiger partial charge in [-0.2, -0.15) is 0 Å². The van der Waals surface area contributed by atoms with E-state index in [1.54, 1.807) is 17.7 Å². The van der Waals surface area contributed by atoms with E-state index in [1.807, 2.05) is 43.3 Å². The highest BCUT2D eigenvalue weighted by Crippen LogP contribution is 2.23. The Balaban J connectivity index is 1.83. The van der Waals surface area contributed by atoms with Crippen LogP contribution in [0.3, 0.4) is 0 Å². The summed E-state index contributed by atoms with van der Waals surface area (Å²) in [6, 6.07) is 13.2. The van der Waals surface area contributed by atoms with Crippen molar-refractivity contribution in [3.63, 3.8) is 0 Å². The summed E-state index contributed by atoms with van der Waals surface area (Å²) in [6.45, 7) is 4.82. The number of thioether (sulfide) groups is 1. The minimum atomic E-state index is -0.125. The first-order chi connectivity index (χ1) is 14.0. The second-order valence-corrected chi connectivity index (χ2v) is 7.60. The van der Waals surface area contributed by atoms with E-state index in [-0.39, 0.29) is 17.2 Å². The lowest BCUT2D eigenvalue weighted by atomic mass is 10.1. The van der Waals surface area contributed by atoms with Gasteiger partial charge in [0.05, 0.1) is 29.8 Å². The number of rotatable bonds is 8. The van der Waals surface area contributed by atoms with E-state index < -0.39 is 0 Å². The summed E-state index contributed by atoms with van der Waals surface area (Å²) >= 11 is 1.26. The molecular weight excluding hydrogens is 386 g/mol. The van der Waals surface area contributed by atoms with E-state index in [9.17, 15) is 9.59 Å². The lowest BCUT2D eigenvalue weighted by Crippen LogP contribution is -2.26. The molecule has 29 heavy (non-hydrogen) atoms. The molecule has 3 aromatic rings. The number of aryl methyl sites for hydroxylation is 2. The molecule has 6 nitrogen and oxygen atoms in total. The van der Waals surface area contributed by atoms with E-state index in [0.717, 1.165) is 23.2 Å². The number of para-hydroxylation sites is 2. The maximum Gasteiger partial charge on any atom is 0.262 e. The monoisotopic (exact) mass is 411 g/mol. The summed E-state index contributed by atoms with van der Waals surface area (Å²) in [5, 5.41) is 4.09. The van der Waals surface area contributed by atoms with Gasteiger partial charge >= 0.3 is 0 Å². The molecule has 3 rings (SSSR count). The molecule has 152 valence electrons. The number of methoxy groups -OCH3 is 1. The molecule has 1 amide bonds. The lowest BCUT2D eigenvalue weighted by Gasteiger charge is -2.14. The molecule has 1 aromatic heterocycles. The number of fused-ring (bicyclic) bond motifs is 1. The van der Waals surface area contributed by atoms with Crippen molar-refractivity contribution in [3.8, 4) is 0 Å². The maximum absolute atomic E-state index is 12.9. The third-order valence-corrected chi connectivity index (χ3v) is 5.66. The number of carbonyl (C=O) groups is 1. The molecule has 0 saturated carbocycles. The Morgan fingerprint density at radius 1 is 1.21 bits per heavy atom. The fraction of sp³-hybridized carbons (Fsp3) is 0.318. The molecule has 7 heteroatoms. The first-order valence-corrected chi connectivity index (χ1v) is 10.5. The van der Waals surface area contributed by atoms with Crippen molar-refractivity contribution in [2.75, 3.05) is 24.8 Å². The van der Waals surface area contributed by atoms with Crippen molar-refractivity contribution < 1.29 is 9.53 Å². The summed E-state index contributed by atoms with van der Waals surface area (Å²) in [6.07, 6.45) is 0.841. The van der Waals surface area contributed by atoms with Gasteiger partial charge in [0.2, 0.25) is 5.91 Å². The Bertz CT molecular complexity index is 1080. The quantitative estimate of drug-likeness (QED) is 0.452. The predicted octanol–water partition coefficient (Wildman–Crippen LogP) is 3.64. The van der Waals surface area contributed by atoms with Crippen LogP contribution in [0.2, 0.25) is 0 Å². The van der Waals surface area contributed by atoms with Gasteiger partial charge in [-0.05, 0) is 36.6 Å². The second-order valence-electron chi connectivity index (χ2n) is 6.66. The van der Waals surface area contributed by atoms with Gasteiger partial charge in [0.1, 0.15) is 0 Å². The molecule has 0 aliphatic rings. The highest BCUT2D eigenvalue weighted by Gasteiger charge is 2.14. The van der Waals surface area contributed by atoms with Gasteiger partial charge < -0.3 is 10.1 Å². The van der Waals surface area contributed by atoms with Gasteiger partial charge in [-0.15, -0.1) is 0 Å². The summed E-state index contributed by atoms with van der Waals surface area (Å²) < 4.78 is 6.71. The number of hydrogen-bond donors (Lipinski definition) is 1. The van der Waals surface area contributed by atoms with Crippen molar-refractivity contribution in [2.24, 2.45) is 0 Å². The molecule has 0 bridgehead atoms. The third-order valence-electron chi connectivity index (χ3n) is 4.68. The number of benzene rings is 2. The van der Waals surface area contributed by atoms with E-state index in [0.29, 0.717) is 29.2 Å². The van der Waals surface area contributed by atoms with Crippen LogP contribution in [-0.4, -0.2) is 34.9 Å². The summed E-state index contributed by atoms with van der Waals surface area (Å²) in [7, 11) is 1.59. The fourth-order valence-electron chi connectivity index (χ4n) is 3.15. The van der Waals surface area contributed by atoms with Crippen LogP contribution < -0.4 is 10.9 Å². The van der Waals surface area contributed by atoms with E-state index in [4.69, 9.17) is 4.74 Å². The smallest absolute Gasteiger partial charge is 0.262 e. The number of nitrogens with zero attached hydrogens (tertiary/aromatic N) is 2. The Morgan fingerprint density at radius 2 is 2.00 bits per heavy atom. The zero-order valence-corrected chi connectivity index (χ0v) is 17.7. The number of anilines is 1. The third kappa shape index (κ3) is 4.86. The number of amides is 1. The molecule has 0 aliphatic heterocycles. The molecule has 0 fully saturated rings. The molecule has 0 atom stereocenters. The van der Waals surface area contributed by atoms with Crippen LogP contribution in [0.4, 0.5) is 5.69 Å². The first kappa shape index (κ1) is 21.1. The van der Waals surface area contributed by atoms with E-state index in [1.165, 1.54) is 11.8 Å². The Hall–Kier alpha value is -2.64. The van der Waals surface area contributed by atoms with Gasteiger partial charge in [-0.25, -0.2) is 4.98 Å². The standard InChI is InChI=1S/C22H25N3O3S/c1-4-16-9-7-8-15(2)20(16)24-19(26)14-29-22-23-18-11-6-5-10-17(18)21(27)25(22)12-13-28-3/h5-11H,4,12-14H2,1-3H3,(H,24,26). The topological polar surface area (TPSA) is 73.2 Å². The molecule has 2 aromatic carbocycles. The molecular formula is C22H25N3O3S. The number of nitrogens with one attached hydrogen (secondary N) is 1. The largest absolute Gasteiger partial charge is 0.383 e. The molecule has 0 spiro atoms. The fourth-order valence-corrected chi connectivity index (χ4v) is 3.97. The summed E-state index contributed by atoms with van der Waals surface area (Å²) in [4.78, 5) is 30.1. The van der Waals surface area contributed by atoms with Gasteiger partial charge in [-0.1, -0.05) is 49.0 Å².